The molecule has 2 fully saturated rings. The standard InChI is InChI=1S/C26H33N5O3S/c1-29-24-13-5-4-12-23(24)27-25(29)15-14-20-9-2-3-11-22(20)28-26(32)21-10-8-18-31(19-21)35(33,34)30-16-6-7-17-30/h2-5,9,11-13,21H,6-8,10,14-19H2,1H3,(H,28,32). The van der Waals surface area contributed by atoms with Crippen molar-refractivity contribution in [3.8, 4) is 0 Å². The van der Waals surface area contributed by atoms with Gasteiger partial charge in [-0.25, -0.2) is 4.98 Å². The summed E-state index contributed by atoms with van der Waals surface area (Å²) < 4.78 is 31.2. The number of benzene rings is 2. The number of aromatic nitrogens is 2. The van der Waals surface area contributed by atoms with E-state index in [0.29, 0.717) is 32.5 Å². The van der Waals surface area contributed by atoms with Crippen molar-refractivity contribution in [2.75, 3.05) is 31.5 Å². The van der Waals surface area contributed by atoms with Crippen molar-refractivity contribution in [1.29, 1.82) is 0 Å². The first kappa shape index (κ1) is 24.0. The second-order valence-corrected chi connectivity index (χ2v) is 11.5. The molecule has 2 aliphatic rings. The lowest BCUT2D eigenvalue weighted by molar-refractivity contribution is -0.120. The number of nitrogens with one attached hydrogen (secondary N) is 1. The molecule has 8 nitrogen and oxygen atoms in total. The van der Waals surface area contributed by atoms with Gasteiger partial charge in [0, 0.05) is 45.3 Å². The Morgan fingerprint density at radius 2 is 1.69 bits per heavy atom. The molecule has 1 aromatic heterocycles. The summed E-state index contributed by atoms with van der Waals surface area (Å²) in [7, 11) is -1.46. The molecular weight excluding hydrogens is 462 g/mol. The molecule has 5 rings (SSSR count). The summed E-state index contributed by atoms with van der Waals surface area (Å²) in [5.41, 5.74) is 3.92. The predicted octanol–water partition coefficient (Wildman–Crippen LogP) is 3.35. The molecule has 0 bridgehead atoms. The molecule has 2 saturated heterocycles. The number of amides is 1. The van der Waals surface area contributed by atoms with Crippen molar-refractivity contribution in [3.63, 3.8) is 0 Å². The van der Waals surface area contributed by atoms with E-state index in [4.69, 9.17) is 4.98 Å². The molecule has 3 heterocycles. The number of nitrogens with zero attached hydrogens (tertiary/aromatic N) is 4. The summed E-state index contributed by atoms with van der Waals surface area (Å²) in [6.45, 7) is 1.88. The Morgan fingerprint density at radius 1 is 0.971 bits per heavy atom. The number of piperidine rings is 1. The molecule has 1 N–H and O–H groups in total. The third-order valence-electron chi connectivity index (χ3n) is 7.25. The normalized spacial score (nSPS) is 19.9. The van der Waals surface area contributed by atoms with Crippen LogP contribution in [0.5, 0.6) is 0 Å². The lowest BCUT2D eigenvalue weighted by atomic mass is 9.98. The molecule has 3 aromatic rings. The highest BCUT2D eigenvalue weighted by Crippen LogP contribution is 2.26. The Kier molecular flexibility index (Phi) is 6.91. The van der Waals surface area contributed by atoms with E-state index in [9.17, 15) is 13.2 Å². The largest absolute Gasteiger partial charge is 0.331 e. The first-order valence-corrected chi connectivity index (χ1v) is 13.9. The molecule has 0 radical (unpaired) electrons. The minimum absolute atomic E-state index is 0.110. The van der Waals surface area contributed by atoms with Crippen molar-refractivity contribution in [2.24, 2.45) is 13.0 Å². The molecule has 2 aliphatic heterocycles. The van der Waals surface area contributed by atoms with Crippen LogP contribution in [-0.2, 0) is 34.9 Å². The van der Waals surface area contributed by atoms with Gasteiger partial charge in [-0.1, -0.05) is 30.3 Å². The van der Waals surface area contributed by atoms with Crippen LogP contribution in [0.1, 0.15) is 37.1 Å². The maximum absolute atomic E-state index is 13.2. The molecule has 2 aromatic carbocycles. The smallest absolute Gasteiger partial charge is 0.281 e. The summed E-state index contributed by atoms with van der Waals surface area (Å²) >= 11 is 0. The zero-order chi connectivity index (χ0) is 24.4. The van der Waals surface area contributed by atoms with Crippen molar-refractivity contribution in [1.82, 2.24) is 18.2 Å². The number of rotatable bonds is 7. The first-order valence-electron chi connectivity index (χ1n) is 12.5. The quantitative estimate of drug-likeness (QED) is 0.545. The highest BCUT2D eigenvalue weighted by atomic mass is 32.2. The number of fused-ring (bicyclic) bond motifs is 1. The molecule has 1 amide bonds. The number of carbonyl (C=O) groups excluding carboxylic acids is 1. The fourth-order valence-corrected chi connectivity index (χ4v) is 6.98. The monoisotopic (exact) mass is 495 g/mol. The van der Waals surface area contributed by atoms with Gasteiger partial charge in [0.1, 0.15) is 5.82 Å². The fraction of sp³-hybridized carbons (Fsp3) is 0.462. The molecule has 186 valence electrons. The van der Waals surface area contributed by atoms with Crippen LogP contribution in [0.4, 0.5) is 5.69 Å². The van der Waals surface area contributed by atoms with E-state index in [1.165, 1.54) is 4.31 Å². The van der Waals surface area contributed by atoms with Gasteiger partial charge < -0.3 is 9.88 Å². The average Bonchev–Trinajstić information content (AvgIpc) is 3.53. The van der Waals surface area contributed by atoms with E-state index in [0.717, 1.165) is 53.8 Å². The summed E-state index contributed by atoms with van der Waals surface area (Å²) in [4.78, 5) is 18.0. The summed E-state index contributed by atoms with van der Waals surface area (Å²) in [5.74, 6) is 0.540. The lowest BCUT2D eigenvalue weighted by Crippen LogP contribution is -2.49. The third kappa shape index (κ3) is 4.98. The number of hydrogen-bond donors (Lipinski definition) is 1. The second kappa shape index (κ2) is 10.1. The van der Waals surface area contributed by atoms with E-state index in [1.807, 2.05) is 49.5 Å². The van der Waals surface area contributed by atoms with Crippen LogP contribution in [0.2, 0.25) is 0 Å². The van der Waals surface area contributed by atoms with E-state index in [1.54, 1.807) is 4.31 Å². The molecule has 1 atom stereocenters. The SMILES string of the molecule is Cn1c(CCc2ccccc2NC(=O)C2CCCN(S(=O)(=O)N3CCCC3)C2)nc2ccccc21. The minimum atomic E-state index is -3.49. The highest BCUT2D eigenvalue weighted by Gasteiger charge is 2.36. The summed E-state index contributed by atoms with van der Waals surface area (Å²) in [6, 6.07) is 15.9. The van der Waals surface area contributed by atoms with Gasteiger partial charge in [-0.05, 0) is 55.9 Å². The number of carbonyl (C=O) groups is 1. The average molecular weight is 496 g/mol. The molecule has 9 heteroatoms. The number of para-hydroxylation sites is 3. The van der Waals surface area contributed by atoms with Gasteiger partial charge in [0.2, 0.25) is 5.91 Å². The Morgan fingerprint density at radius 3 is 2.49 bits per heavy atom. The van der Waals surface area contributed by atoms with E-state index < -0.39 is 10.2 Å². The van der Waals surface area contributed by atoms with Crippen LogP contribution in [0.15, 0.2) is 48.5 Å². The molecule has 0 spiro atoms. The Bertz CT molecular complexity index is 1310. The van der Waals surface area contributed by atoms with Crippen LogP contribution >= 0.6 is 0 Å². The molecule has 0 aliphatic carbocycles. The van der Waals surface area contributed by atoms with Crippen molar-refractivity contribution >= 4 is 32.8 Å². The predicted molar refractivity (Wildman–Crippen MR) is 137 cm³/mol. The maximum Gasteiger partial charge on any atom is 0.281 e. The molecule has 35 heavy (non-hydrogen) atoms. The van der Waals surface area contributed by atoms with Crippen LogP contribution in [0.3, 0.4) is 0 Å². The van der Waals surface area contributed by atoms with Crippen molar-refractivity contribution in [2.45, 2.75) is 38.5 Å². The number of imidazole rings is 1. The van der Waals surface area contributed by atoms with E-state index >= 15 is 0 Å². The third-order valence-corrected chi connectivity index (χ3v) is 9.25. The van der Waals surface area contributed by atoms with Gasteiger partial charge in [-0.3, -0.25) is 4.79 Å². The Hall–Kier alpha value is -2.75. The zero-order valence-electron chi connectivity index (χ0n) is 20.2. The van der Waals surface area contributed by atoms with Crippen molar-refractivity contribution in [3.05, 3.63) is 59.9 Å². The zero-order valence-corrected chi connectivity index (χ0v) is 21.0. The highest BCUT2D eigenvalue weighted by molar-refractivity contribution is 7.86. The fourth-order valence-electron chi connectivity index (χ4n) is 5.21. The number of aryl methyl sites for hydroxylation is 3. The summed E-state index contributed by atoms with van der Waals surface area (Å²) in [6.07, 6.45) is 4.70. The van der Waals surface area contributed by atoms with Crippen molar-refractivity contribution < 1.29 is 13.2 Å². The molecule has 0 saturated carbocycles. The van der Waals surface area contributed by atoms with Gasteiger partial charge in [0.25, 0.3) is 10.2 Å². The van der Waals surface area contributed by atoms with Gasteiger partial charge in [-0.2, -0.15) is 17.0 Å². The first-order chi connectivity index (χ1) is 16.9. The summed E-state index contributed by atoms with van der Waals surface area (Å²) in [5, 5.41) is 3.10. The second-order valence-electron chi connectivity index (χ2n) is 9.53. The molecular formula is C26H33N5O3S. The van der Waals surface area contributed by atoms with Crippen LogP contribution in [-0.4, -0.2) is 58.7 Å². The maximum atomic E-state index is 13.2. The lowest BCUT2D eigenvalue weighted by Gasteiger charge is -2.33. The molecule has 1 unspecified atom stereocenters. The van der Waals surface area contributed by atoms with Gasteiger partial charge in [-0.15, -0.1) is 0 Å². The Labute approximate surface area is 207 Å². The van der Waals surface area contributed by atoms with Crippen LogP contribution in [0, 0.1) is 5.92 Å². The topological polar surface area (TPSA) is 87.5 Å². The number of anilines is 1. The van der Waals surface area contributed by atoms with Gasteiger partial charge >= 0.3 is 0 Å². The van der Waals surface area contributed by atoms with Gasteiger partial charge in [0.15, 0.2) is 0 Å². The van der Waals surface area contributed by atoms with Crippen LogP contribution in [0.25, 0.3) is 11.0 Å². The number of hydrogen-bond acceptors (Lipinski definition) is 4. The van der Waals surface area contributed by atoms with Gasteiger partial charge in [0.05, 0.1) is 17.0 Å². The van der Waals surface area contributed by atoms with E-state index in [-0.39, 0.29) is 18.4 Å². The minimum Gasteiger partial charge on any atom is -0.331 e. The van der Waals surface area contributed by atoms with Crippen LogP contribution < -0.4 is 5.32 Å². The Balaban J connectivity index is 1.25. The van der Waals surface area contributed by atoms with E-state index in [2.05, 4.69) is 16.0 Å².